The van der Waals surface area contributed by atoms with Gasteiger partial charge in [-0.05, 0) is 54.2 Å². The monoisotopic (exact) mass is 361 g/mol. The minimum Gasteiger partial charge on any atom is -0.378 e. The van der Waals surface area contributed by atoms with Crippen molar-refractivity contribution in [2.24, 2.45) is 0 Å². The second-order valence-corrected chi connectivity index (χ2v) is 7.94. The highest BCUT2D eigenvalue weighted by molar-refractivity contribution is 5.80. The Morgan fingerprint density at radius 3 is 2.70 bits per heavy atom. The van der Waals surface area contributed by atoms with Gasteiger partial charge < -0.3 is 19.5 Å². The molecule has 1 fully saturated rings. The molecule has 4 heteroatoms. The zero-order chi connectivity index (χ0) is 18.4. The van der Waals surface area contributed by atoms with E-state index >= 15 is 0 Å². The number of H-pyrrole nitrogens is 1. The number of anilines is 1. The van der Waals surface area contributed by atoms with Gasteiger partial charge in [0.25, 0.3) is 0 Å². The lowest BCUT2D eigenvalue weighted by molar-refractivity contribution is 0.122. The molecule has 3 aromatic rings. The number of hydrogen-bond donors (Lipinski definition) is 1. The molecule has 0 bridgehead atoms. The fourth-order valence-corrected chi connectivity index (χ4v) is 4.74. The average Bonchev–Trinajstić information content (AvgIpc) is 3.13. The highest BCUT2D eigenvalue weighted by Crippen LogP contribution is 2.38. The molecule has 1 N–H and O–H groups in total. The molecule has 1 unspecified atom stereocenters. The van der Waals surface area contributed by atoms with Crippen molar-refractivity contribution in [3.63, 3.8) is 0 Å². The Balaban J connectivity index is 1.57. The van der Waals surface area contributed by atoms with Crippen LogP contribution in [0.1, 0.15) is 28.3 Å². The van der Waals surface area contributed by atoms with E-state index in [1.807, 2.05) is 0 Å². The summed E-state index contributed by atoms with van der Waals surface area (Å²) in [6, 6.07) is 15.6. The van der Waals surface area contributed by atoms with Crippen LogP contribution in [0.4, 0.5) is 5.69 Å². The van der Waals surface area contributed by atoms with Crippen molar-refractivity contribution in [3.05, 3.63) is 64.8 Å². The lowest BCUT2D eigenvalue weighted by atomic mass is 9.84. The number of likely N-dealkylation sites (N-methyl/N-ethyl adjacent to an activating group) is 1. The molecule has 0 saturated carbocycles. The lowest BCUT2D eigenvalue weighted by Crippen LogP contribution is -2.37. The second-order valence-electron chi connectivity index (χ2n) is 7.94. The first-order chi connectivity index (χ1) is 13.2. The fourth-order valence-electron chi connectivity index (χ4n) is 4.74. The van der Waals surface area contributed by atoms with Gasteiger partial charge in [0.1, 0.15) is 0 Å². The van der Waals surface area contributed by atoms with E-state index in [0.717, 1.165) is 39.4 Å². The van der Waals surface area contributed by atoms with Crippen LogP contribution >= 0.6 is 0 Å². The first kappa shape index (κ1) is 16.8. The molecule has 0 aliphatic carbocycles. The normalized spacial score (nSPS) is 20.8. The van der Waals surface area contributed by atoms with Crippen LogP contribution in [-0.2, 0) is 11.3 Å². The Hall–Kier alpha value is -2.30. The van der Waals surface area contributed by atoms with Crippen molar-refractivity contribution < 1.29 is 4.74 Å². The van der Waals surface area contributed by atoms with Crippen molar-refractivity contribution in [1.29, 1.82) is 0 Å². The zero-order valence-electron chi connectivity index (χ0n) is 16.2. The summed E-state index contributed by atoms with van der Waals surface area (Å²) >= 11 is 0. The van der Waals surface area contributed by atoms with Gasteiger partial charge in [-0.25, -0.2) is 0 Å². The van der Waals surface area contributed by atoms with Crippen molar-refractivity contribution in [2.75, 3.05) is 44.8 Å². The SMILES string of the molecule is Cc1c(N2CCOCC2)ccc2c1CN(C)CC2c1cc2ccccc2[nH]1. The number of rotatable bonds is 2. The van der Waals surface area contributed by atoms with Gasteiger partial charge in [0.05, 0.1) is 13.2 Å². The maximum atomic E-state index is 5.54. The molecule has 1 aromatic heterocycles. The molecule has 2 aromatic carbocycles. The minimum absolute atomic E-state index is 0.392. The molecule has 1 atom stereocenters. The molecule has 2 aliphatic rings. The van der Waals surface area contributed by atoms with Crippen LogP contribution in [0.25, 0.3) is 10.9 Å². The number of para-hydroxylation sites is 1. The van der Waals surface area contributed by atoms with Crippen LogP contribution in [0.2, 0.25) is 0 Å². The molecule has 140 valence electrons. The molecule has 4 nitrogen and oxygen atoms in total. The molecular formula is C23H27N3O. The molecule has 5 rings (SSSR count). The van der Waals surface area contributed by atoms with Crippen LogP contribution in [0.15, 0.2) is 42.5 Å². The van der Waals surface area contributed by atoms with Crippen LogP contribution < -0.4 is 4.90 Å². The number of ether oxygens (including phenoxy) is 1. The number of hydrogen-bond acceptors (Lipinski definition) is 3. The van der Waals surface area contributed by atoms with Gasteiger partial charge in [-0.1, -0.05) is 24.3 Å². The van der Waals surface area contributed by atoms with E-state index in [4.69, 9.17) is 4.74 Å². The van der Waals surface area contributed by atoms with E-state index < -0.39 is 0 Å². The number of benzene rings is 2. The summed E-state index contributed by atoms with van der Waals surface area (Å²) in [5.41, 5.74) is 8.34. The Bertz CT molecular complexity index is 938. The average molecular weight is 361 g/mol. The molecule has 1 saturated heterocycles. The lowest BCUT2D eigenvalue weighted by Gasteiger charge is -2.36. The van der Waals surface area contributed by atoms with Gasteiger partial charge in [0, 0.05) is 49.0 Å². The number of aromatic amines is 1. The van der Waals surface area contributed by atoms with Gasteiger partial charge in [-0.3, -0.25) is 0 Å². The van der Waals surface area contributed by atoms with Gasteiger partial charge in [-0.2, -0.15) is 0 Å². The van der Waals surface area contributed by atoms with Crippen molar-refractivity contribution in [1.82, 2.24) is 9.88 Å². The topological polar surface area (TPSA) is 31.5 Å². The maximum absolute atomic E-state index is 5.54. The summed E-state index contributed by atoms with van der Waals surface area (Å²) in [7, 11) is 2.24. The van der Waals surface area contributed by atoms with Crippen LogP contribution in [0.3, 0.4) is 0 Å². The smallest absolute Gasteiger partial charge is 0.0642 e. The van der Waals surface area contributed by atoms with Crippen molar-refractivity contribution in [3.8, 4) is 0 Å². The third-order valence-electron chi connectivity index (χ3n) is 6.18. The standard InChI is InChI=1S/C23H27N3O/c1-16-19-14-25(2)15-20(22-13-17-5-3-4-6-21(17)24-22)18(19)7-8-23(16)26-9-11-27-12-10-26/h3-8,13,20,24H,9-12,14-15H2,1-2H3. The Kier molecular flexibility index (Phi) is 4.18. The summed E-state index contributed by atoms with van der Waals surface area (Å²) in [6.07, 6.45) is 0. The number of nitrogens with zero attached hydrogens (tertiary/aromatic N) is 2. The van der Waals surface area contributed by atoms with Crippen LogP contribution in [-0.4, -0.2) is 49.8 Å². The molecule has 0 amide bonds. The van der Waals surface area contributed by atoms with E-state index in [0.29, 0.717) is 5.92 Å². The van der Waals surface area contributed by atoms with E-state index in [2.05, 4.69) is 71.2 Å². The van der Waals surface area contributed by atoms with Gasteiger partial charge >= 0.3 is 0 Å². The molecule has 27 heavy (non-hydrogen) atoms. The van der Waals surface area contributed by atoms with Gasteiger partial charge in [0.15, 0.2) is 0 Å². The summed E-state index contributed by atoms with van der Waals surface area (Å²) in [5.74, 6) is 0.392. The Morgan fingerprint density at radius 2 is 1.89 bits per heavy atom. The summed E-state index contributed by atoms with van der Waals surface area (Å²) in [5, 5.41) is 1.30. The molecule has 2 aliphatic heterocycles. The molecule has 3 heterocycles. The summed E-state index contributed by atoms with van der Waals surface area (Å²) in [6.45, 7) is 8.00. The highest BCUT2D eigenvalue weighted by atomic mass is 16.5. The van der Waals surface area contributed by atoms with Crippen molar-refractivity contribution in [2.45, 2.75) is 19.4 Å². The second kappa shape index (κ2) is 6.70. The van der Waals surface area contributed by atoms with Crippen LogP contribution in [0, 0.1) is 6.92 Å². The third kappa shape index (κ3) is 2.93. The molecule has 0 spiro atoms. The largest absolute Gasteiger partial charge is 0.378 e. The molecular weight excluding hydrogens is 334 g/mol. The third-order valence-corrected chi connectivity index (χ3v) is 6.18. The van der Waals surface area contributed by atoms with Gasteiger partial charge in [0.2, 0.25) is 0 Å². The summed E-state index contributed by atoms with van der Waals surface area (Å²) < 4.78 is 5.54. The summed E-state index contributed by atoms with van der Waals surface area (Å²) in [4.78, 5) is 8.60. The number of morpholine rings is 1. The minimum atomic E-state index is 0.392. The predicted molar refractivity (Wildman–Crippen MR) is 111 cm³/mol. The number of fused-ring (bicyclic) bond motifs is 2. The van der Waals surface area contributed by atoms with Crippen LogP contribution in [0.5, 0.6) is 0 Å². The number of nitrogens with one attached hydrogen (secondary N) is 1. The maximum Gasteiger partial charge on any atom is 0.0642 e. The van der Waals surface area contributed by atoms with E-state index in [-0.39, 0.29) is 0 Å². The van der Waals surface area contributed by atoms with Gasteiger partial charge in [-0.15, -0.1) is 0 Å². The molecule has 0 radical (unpaired) electrons. The zero-order valence-corrected chi connectivity index (χ0v) is 16.2. The quantitative estimate of drug-likeness (QED) is 0.751. The predicted octanol–water partition coefficient (Wildman–Crippen LogP) is 3.89. The highest BCUT2D eigenvalue weighted by Gasteiger charge is 2.28. The first-order valence-electron chi connectivity index (χ1n) is 9.92. The van der Waals surface area contributed by atoms with Crippen molar-refractivity contribution >= 4 is 16.6 Å². The number of aromatic nitrogens is 1. The van der Waals surface area contributed by atoms with E-state index in [9.17, 15) is 0 Å². The van der Waals surface area contributed by atoms with E-state index in [1.54, 1.807) is 0 Å². The Labute approximate surface area is 160 Å². The first-order valence-corrected chi connectivity index (χ1v) is 9.92. The Morgan fingerprint density at radius 1 is 1.07 bits per heavy atom. The van der Waals surface area contributed by atoms with E-state index in [1.165, 1.54) is 39.0 Å². The fraction of sp³-hybridized carbons (Fsp3) is 0.391.